The van der Waals surface area contributed by atoms with Crippen molar-refractivity contribution < 1.29 is 0 Å². The van der Waals surface area contributed by atoms with Gasteiger partial charge in [-0.1, -0.05) is 26.0 Å². The Morgan fingerprint density at radius 2 is 2.00 bits per heavy atom. The van der Waals surface area contributed by atoms with Crippen LogP contribution in [0.1, 0.15) is 25.1 Å². The standard InChI is InChI=1S/C14H19NS/c1-10(2)16-9-13-8-12-6-5-11(3)7-14(12)15(13)4/h5-8,10H,9H2,1-4H3. The van der Waals surface area contributed by atoms with Crippen molar-refractivity contribution in [2.75, 3.05) is 0 Å². The minimum absolute atomic E-state index is 0.694. The highest BCUT2D eigenvalue weighted by molar-refractivity contribution is 7.99. The van der Waals surface area contributed by atoms with Crippen LogP contribution in [0.25, 0.3) is 10.9 Å². The summed E-state index contributed by atoms with van der Waals surface area (Å²) in [6.45, 7) is 6.64. The topological polar surface area (TPSA) is 4.93 Å². The molecule has 1 nitrogen and oxygen atoms in total. The van der Waals surface area contributed by atoms with E-state index in [0.29, 0.717) is 5.25 Å². The highest BCUT2D eigenvalue weighted by Gasteiger charge is 2.06. The van der Waals surface area contributed by atoms with Gasteiger partial charge in [0.1, 0.15) is 0 Å². The van der Waals surface area contributed by atoms with Crippen molar-refractivity contribution in [1.82, 2.24) is 4.57 Å². The van der Waals surface area contributed by atoms with Crippen LogP contribution in [0.4, 0.5) is 0 Å². The monoisotopic (exact) mass is 233 g/mol. The van der Waals surface area contributed by atoms with Crippen molar-refractivity contribution >= 4 is 22.7 Å². The first-order valence-corrected chi connectivity index (χ1v) is 6.79. The fourth-order valence-corrected chi connectivity index (χ4v) is 2.67. The van der Waals surface area contributed by atoms with Gasteiger partial charge in [0.25, 0.3) is 0 Å². The van der Waals surface area contributed by atoms with Crippen LogP contribution in [0, 0.1) is 6.92 Å². The van der Waals surface area contributed by atoms with E-state index < -0.39 is 0 Å². The molecule has 2 rings (SSSR count). The van der Waals surface area contributed by atoms with Crippen molar-refractivity contribution in [3.05, 3.63) is 35.5 Å². The molecular formula is C14H19NS. The molecule has 1 aromatic heterocycles. The number of nitrogens with zero attached hydrogens (tertiary/aromatic N) is 1. The van der Waals surface area contributed by atoms with Gasteiger partial charge in [-0.15, -0.1) is 0 Å². The molecule has 0 spiro atoms. The Bertz CT molecular complexity index is 497. The van der Waals surface area contributed by atoms with Crippen molar-refractivity contribution in [3.8, 4) is 0 Å². The van der Waals surface area contributed by atoms with Crippen LogP contribution in [0.3, 0.4) is 0 Å². The van der Waals surface area contributed by atoms with Crippen LogP contribution < -0.4 is 0 Å². The first-order chi connectivity index (χ1) is 7.58. The summed E-state index contributed by atoms with van der Waals surface area (Å²) in [5, 5.41) is 2.05. The van der Waals surface area contributed by atoms with E-state index in [9.17, 15) is 0 Å². The zero-order valence-corrected chi connectivity index (χ0v) is 11.3. The van der Waals surface area contributed by atoms with Gasteiger partial charge >= 0.3 is 0 Å². The Hall–Kier alpha value is -0.890. The van der Waals surface area contributed by atoms with Crippen LogP contribution in [-0.2, 0) is 12.8 Å². The van der Waals surface area contributed by atoms with E-state index in [1.54, 1.807) is 0 Å². The number of benzene rings is 1. The largest absolute Gasteiger partial charge is 0.347 e. The van der Waals surface area contributed by atoms with Crippen LogP contribution in [-0.4, -0.2) is 9.82 Å². The quantitative estimate of drug-likeness (QED) is 0.771. The highest BCUT2D eigenvalue weighted by atomic mass is 32.2. The van der Waals surface area contributed by atoms with Crippen LogP contribution in [0.15, 0.2) is 24.3 Å². The maximum Gasteiger partial charge on any atom is 0.0482 e. The summed E-state index contributed by atoms with van der Waals surface area (Å²) in [5.41, 5.74) is 4.09. The van der Waals surface area contributed by atoms with Crippen LogP contribution in [0.5, 0.6) is 0 Å². The number of aryl methyl sites for hydroxylation is 2. The van der Waals surface area contributed by atoms with Gasteiger partial charge in [0.05, 0.1) is 0 Å². The molecular weight excluding hydrogens is 214 g/mol. The number of thioether (sulfide) groups is 1. The molecule has 0 saturated heterocycles. The van der Waals surface area contributed by atoms with E-state index in [0.717, 1.165) is 5.75 Å². The van der Waals surface area contributed by atoms with E-state index in [4.69, 9.17) is 0 Å². The smallest absolute Gasteiger partial charge is 0.0482 e. The summed E-state index contributed by atoms with van der Waals surface area (Å²) < 4.78 is 2.32. The second-order valence-electron chi connectivity index (χ2n) is 4.62. The summed E-state index contributed by atoms with van der Waals surface area (Å²) in [4.78, 5) is 0. The van der Waals surface area contributed by atoms with Gasteiger partial charge in [0.2, 0.25) is 0 Å². The predicted octanol–water partition coefficient (Wildman–Crippen LogP) is 4.13. The van der Waals surface area contributed by atoms with E-state index in [1.807, 2.05) is 11.8 Å². The zero-order chi connectivity index (χ0) is 11.7. The Balaban J connectivity index is 2.36. The molecule has 0 aliphatic carbocycles. The number of hydrogen-bond acceptors (Lipinski definition) is 1. The number of rotatable bonds is 3. The second kappa shape index (κ2) is 4.54. The summed E-state index contributed by atoms with van der Waals surface area (Å²) >= 11 is 2.00. The van der Waals surface area contributed by atoms with Gasteiger partial charge in [0.15, 0.2) is 0 Å². The molecule has 0 aliphatic rings. The Morgan fingerprint density at radius 1 is 1.25 bits per heavy atom. The molecule has 0 atom stereocenters. The fourth-order valence-electron chi connectivity index (χ4n) is 1.89. The van der Waals surface area contributed by atoms with Crippen LogP contribution >= 0.6 is 11.8 Å². The molecule has 0 aliphatic heterocycles. The van der Waals surface area contributed by atoms with Crippen molar-refractivity contribution in [1.29, 1.82) is 0 Å². The summed E-state index contributed by atoms with van der Waals surface area (Å²) in [5.74, 6) is 1.10. The summed E-state index contributed by atoms with van der Waals surface area (Å²) in [7, 11) is 2.16. The molecule has 86 valence electrons. The molecule has 16 heavy (non-hydrogen) atoms. The Kier molecular flexibility index (Phi) is 3.29. The lowest BCUT2D eigenvalue weighted by Gasteiger charge is -2.06. The first-order valence-electron chi connectivity index (χ1n) is 5.74. The predicted molar refractivity (Wildman–Crippen MR) is 74.1 cm³/mol. The molecule has 0 unspecified atom stereocenters. The van der Waals surface area contributed by atoms with Crippen molar-refractivity contribution in [2.24, 2.45) is 7.05 Å². The van der Waals surface area contributed by atoms with Crippen molar-refractivity contribution in [3.63, 3.8) is 0 Å². The zero-order valence-electron chi connectivity index (χ0n) is 10.4. The molecule has 0 N–H and O–H groups in total. The average Bonchev–Trinajstić information content (AvgIpc) is 2.53. The van der Waals surface area contributed by atoms with Crippen LogP contribution in [0.2, 0.25) is 0 Å². The first kappa shape index (κ1) is 11.6. The minimum Gasteiger partial charge on any atom is -0.347 e. The third kappa shape index (κ3) is 2.27. The maximum atomic E-state index is 2.32. The molecule has 0 saturated carbocycles. The SMILES string of the molecule is Cc1ccc2cc(CSC(C)C)n(C)c2c1. The number of fused-ring (bicyclic) bond motifs is 1. The lowest BCUT2D eigenvalue weighted by Crippen LogP contribution is -1.96. The second-order valence-corrected chi connectivity index (χ2v) is 6.18. The molecule has 0 amide bonds. The van der Waals surface area contributed by atoms with Gasteiger partial charge in [-0.25, -0.2) is 0 Å². The van der Waals surface area contributed by atoms with Gasteiger partial charge in [0, 0.05) is 24.0 Å². The normalized spacial score (nSPS) is 11.6. The molecule has 0 radical (unpaired) electrons. The fraction of sp³-hybridized carbons (Fsp3) is 0.429. The third-order valence-corrected chi connectivity index (χ3v) is 3.99. The molecule has 2 heteroatoms. The van der Waals surface area contributed by atoms with E-state index >= 15 is 0 Å². The summed E-state index contributed by atoms with van der Waals surface area (Å²) in [6.07, 6.45) is 0. The maximum absolute atomic E-state index is 2.32. The number of aromatic nitrogens is 1. The lowest BCUT2D eigenvalue weighted by atomic mass is 10.2. The van der Waals surface area contributed by atoms with Gasteiger partial charge in [-0.2, -0.15) is 11.8 Å². The lowest BCUT2D eigenvalue weighted by molar-refractivity contribution is 0.907. The minimum atomic E-state index is 0.694. The summed E-state index contributed by atoms with van der Waals surface area (Å²) in [6, 6.07) is 8.97. The molecule has 1 aromatic carbocycles. The van der Waals surface area contributed by atoms with Gasteiger partial charge in [-0.05, 0) is 35.3 Å². The van der Waals surface area contributed by atoms with Gasteiger partial charge in [-0.3, -0.25) is 0 Å². The van der Waals surface area contributed by atoms with E-state index in [2.05, 4.69) is 56.7 Å². The highest BCUT2D eigenvalue weighted by Crippen LogP contribution is 2.24. The van der Waals surface area contributed by atoms with E-state index in [1.165, 1.54) is 22.2 Å². The molecule has 0 bridgehead atoms. The molecule has 1 heterocycles. The van der Waals surface area contributed by atoms with E-state index in [-0.39, 0.29) is 0 Å². The Labute approximate surface area is 102 Å². The van der Waals surface area contributed by atoms with Gasteiger partial charge < -0.3 is 4.57 Å². The Morgan fingerprint density at radius 3 is 2.69 bits per heavy atom. The molecule has 0 fully saturated rings. The number of hydrogen-bond donors (Lipinski definition) is 0. The molecule has 2 aromatic rings. The average molecular weight is 233 g/mol. The van der Waals surface area contributed by atoms with Crippen molar-refractivity contribution in [2.45, 2.75) is 31.8 Å². The third-order valence-electron chi connectivity index (χ3n) is 2.86.